The molecule has 94 valence electrons. The van der Waals surface area contributed by atoms with Crippen molar-refractivity contribution < 1.29 is 4.74 Å². The molecule has 0 aromatic heterocycles. The van der Waals surface area contributed by atoms with Crippen LogP contribution in [0.1, 0.15) is 0 Å². The van der Waals surface area contributed by atoms with Gasteiger partial charge in [-0.05, 0) is 7.05 Å². The third kappa shape index (κ3) is 3.40. The predicted molar refractivity (Wildman–Crippen MR) is 64.3 cm³/mol. The van der Waals surface area contributed by atoms with Crippen LogP contribution in [0.5, 0.6) is 0 Å². The van der Waals surface area contributed by atoms with Crippen LogP contribution in [0.4, 0.5) is 0 Å². The Kier molecular flexibility index (Phi) is 4.55. The molecule has 2 fully saturated rings. The lowest BCUT2D eigenvalue weighted by atomic mass is 10.3. The van der Waals surface area contributed by atoms with Gasteiger partial charge in [-0.25, -0.2) is 0 Å². The van der Waals surface area contributed by atoms with Gasteiger partial charge in [-0.15, -0.1) is 0 Å². The molecule has 2 aliphatic heterocycles. The molecule has 0 spiro atoms. The molecule has 0 radical (unpaired) electrons. The minimum Gasteiger partial charge on any atom is -0.379 e. The molecule has 0 aromatic carbocycles. The maximum absolute atomic E-state index is 6.03. The Hall–Kier alpha value is -0.200. The lowest BCUT2D eigenvalue weighted by Crippen LogP contribution is -2.56. The van der Waals surface area contributed by atoms with Crippen molar-refractivity contribution in [3.63, 3.8) is 0 Å². The average Bonchev–Trinajstić information content (AvgIpc) is 2.32. The first kappa shape index (κ1) is 12.3. The first-order valence-corrected chi connectivity index (χ1v) is 6.24. The van der Waals surface area contributed by atoms with E-state index < -0.39 is 0 Å². The lowest BCUT2D eigenvalue weighted by molar-refractivity contribution is 0.0270. The van der Waals surface area contributed by atoms with Gasteiger partial charge in [0.15, 0.2) is 0 Å². The van der Waals surface area contributed by atoms with Crippen LogP contribution in [0.25, 0.3) is 0 Å². The van der Waals surface area contributed by atoms with Gasteiger partial charge in [0.1, 0.15) is 0 Å². The SMILES string of the molecule is CN1CCN(CCN2CCOCC2)CC1N. The zero-order chi connectivity index (χ0) is 11.4. The molecule has 2 saturated heterocycles. The van der Waals surface area contributed by atoms with Crippen molar-refractivity contribution in [1.29, 1.82) is 0 Å². The van der Waals surface area contributed by atoms with E-state index >= 15 is 0 Å². The second-order valence-corrected chi connectivity index (χ2v) is 4.80. The molecular formula is C11H24N4O. The molecule has 5 nitrogen and oxygen atoms in total. The fourth-order valence-electron chi connectivity index (χ4n) is 2.27. The Morgan fingerprint density at radius 3 is 2.44 bits per heavy atom. The Labute approximate surface area is 98.1 Å². The number of nitrogens with zero attached hydrogens (tertiary/aromatic N) is 3. The van der Waals surface area contributed by atoms with Crippen LogP contribution in [0.2, 0.25) is 0 Å². The smallest absolute Gasteiger partial charge is 0.0700 e. The van der Waals surface area contributed by atoms with Gasteiger partial charge in [-0.2, -0.15) is 0 Å². The first-order valence-electron chi connectivity index (χ1n) is 6.24. The van der Waals surface area contributed by atoms with E-state index in [0.29, 0.717) is 0 Å². The van der Waals surface area contributed by atoms with Crippen LogP contribution < -0.4 is 5.73 Å². The maximum atomic E-state index is 6.03. The Morgan fingerprint density at radius 2 is 1.75 bits per heavy atom. The number of piperazine rings is 1. The third-order valence-electron chi connectivity index (χ3n) is 3.62. The fraction of sp³-hybridized carbons (Fsp3) is 1.00. The summed E-state index contributed by atoms with van der Waals surface area (Å²) in [6.45, 7) is 9.48. The summed E-state index contributed by atoms with van der Waals surface area (Å²) < 4.78 is 5.34. The van der Waals surface area contributed by atoms with Gasteiger partial charge in [0.05, 0.1) is 19.4 Å². The van der Waals surface area contributed by atoms with Crippen LogP contribution in [-0.4, -0.2) is 86.9 Å². The van der Waals surface area contributed by atoms with Crippen molar-refractivity contribution in [2.24, 2.45) is 5.73 Å². The molecule has 2 aliphatic rings. The highest BCUT2D eigenvalue weighted by Gasteiger charge is 2.21. The van der Waals surface area contributed by atoms with Crippen LogP contribution >= 0.6 is 0 Å². The average molecular weight is 228 g/mol. The van der Waals surface area contributed by atoms with E-state index in [-0.39, 0.29) is 6.17 Å². The van der Waals surface area contributed by atoms with Gasteiger partial charge in [-0.1, -0.05) is 0 Å². The van der Waals surface area contributed by atoms with Crippen LogP contribution in [0.15, 0.2) is 0 Å². The van der Waals surface area contributed by atoms with Crippen molar-refractivity contribution in [2.45, 2.75) is 6.17 Å². The monoisotopic (exact) mass is 228 g/mol. The van der Waals surface area contributed by atoms with Crippen molar-refractivity contribution in [3.8, 4) is 0 Å². The van der Waals surface area contributed by atoms with Crippen molar-refractivity contribution in [3.05, 3.63) is 0 Å². The summed E-state index contributed by atoms with van der Waals surface area (Å²) in [6, 6.07) is 0. The van der Waals surface area contributed by atoms with Crippen molar-refractivity contribution >= 4 is 0 Å². The minimum atomic E-state index is 0.207. The quantitative estimate of drug-likeness (QED) is 0.661. The van der Waals surface area contributed by atoms with Gasteiger partial charge in [0, 0.05) is 45.8 Å². The first-order chi connectivity index (χ1) is 7.75. The van der Waals surface area contributed by atoms with Crippen LogP contribution in [0, 0.1) is 0 Å². The van der Waals surface area contributed by atoms with Gasteiger partial charge < -0.3 is 10.5 Å². The van der Waals surface area contributed by atoms with E-state index in [1.807, 2.05) is 0 Å². The van der Waals surface area contributed by atoms with Crippen molar-refractivity contribution in [2.75, 3.05) is 66.1 Å². The molecule has 2 rings (SSSR count). The summed E-state index contributed by atoms with van der Waals surface area (Å²) in [5, 5.41) is 0. The number of nitrogens with two attached hydrogens (primary N) is 1. The Morgan fingerprint density at radius 1 is 1.06 bits per heavy atom. The molecule has 0 saturated carbocycles. The summed E-state index contributed by atoms with van der Waals surface area (Å²) in [5.41, 5.74) is 6.03. The number of hydrogen-bond donors (Lipinski definition) is 1. The standard InChI is InChI=1S/C11H24N4O/c1-13-2-3-15(10-11(13)12)5-4-14-6-8-16-9-7-14/h11H,2-10,12H2,1H3. The van der Waals surface area contributed by atoms with E-state index in [2.05, 4.69) is 21.7 Å². The minimum absolute atomic E-state index is 0.207. The van der Waals surface area contributed by atoms with E-state index in [1.54, 1.807) is 0 Å². The van der Waals surface area contributed by atoms with Crippen LogP contribution in [0.3, 0.4) is 0 Å². The van der Waals surface area contributed by atoms with Gasteiger partial charge in [-0.3, -0.25) is 14.7 Å². The zero-order valence-electron chi connectivity index (χ0n) is 10.3. The zero-order valence-corrected chi connectivity index (χ0v) is 10.3. The second-order valence-electron chi connectivity index (χ2n) is 4.80. The summed E-state index contributed by atoms with van der Waals surface area (Å²) in [7, 11) is 2.10. The van der Waals surface area contributed by atoms with E-state index in [1.165, 1.54) is 0 Å². The van der Waals surface area contributed by atoms with Crippen molar-refractivity contribution in [1.82, 2.24) is 14.7 Å². The second kappa shape index (κ2) is 5.93. The molecule has 5 heteroatoms. The fourth-order valence-corrected chi connectivity index (χ4v) is 2.27. The summed E-state index contributed by atoms with van der Waals surface area (Å²) in [4.78, 5) is 7.18. The molecule has 1 unspecified atom stereocenters. The molecule has 2 heterocycles. The Bertz CT molecular complexity index is 208. The summed E-state index contributed by atoms with van der Waals surface area (Å²) >= 11 is 0. The number of hydrogen-bond acceptors (Lipinski definition) is 5. The molecule has 1 atom stereocenters. The number of rotatable bonds is 3. The molecule has 0 bridgehead atoms. The predicted octanol–water partition coefficient (Wildman–Crippen LogP) is -1.15. The van der Waals surface area contributed by atoms with E-state index in [4.69, 9.17) is 10.5 Å². The molecule has 0 amide bonds. The third-order valence-corrected chi connectivity index (χ3v) is 3.62. The highest BCUT2D eigenvalue weighted by molar-refractivity contribution is 4.76. The van der Waals surface area contributed by atoms with Gasteiger partial charge >= 0.3 is 0 Å². The van der Waals surface area contributed by atoms with Crippen LogP contribution in [-0.2, 0) is 4.74 Å². The topological polar surface area (TPSA) is 45.0 Å². The molecule has 2 N–H and O–H groups in total. The molecule has 0 aromatic rings. The Balaban J connectivity index is 1.65. The summed E-state index contributed by atoms with van der Waals surface area (Å²) in [6.07, 6.45) is 0.207. The van der Waals surface area contributed by atoms with Gasteiger partial charge in [0.25, 0.3) is 0 Å². The number of likely N-dealkylation sites (N-methyl/N-ethyl adjacent to an activating group) is 1. The van der Waals surface area contributed by atoms with Gasteiger partial charge in [0.2, 0.25) is 0 Å². The number of morpholine rings is 1. The lowest BCUT2D eigenvalue weighted by Gasteiger charge is -2.38. The normalized spacial score (nSPS) is 30.8. The largest absolute Gasteiger partial charge is 0.379 e. The highest BCUT2D eigenvalue weighted by Crippen LogP contribution is 2.04. The van der Waals surface area contributed by atoms with E-state index in [0.717, 1.165) is 59.0 Å². The highest BCUT2D eigenvalue weighted by atomic mass is 16.5. The molecule has 0 aliphatic carbocycles. The molecular weight excluding hydrogens is 204 g/mol. The van der Waals surface area contributed by atoms with E-state index in [9.17, 15) is 0 Å². The maximum Gasteiger partial charge on any atom is 0.0700 e. The number of ether oxygens (including phenoxy) is 1. The molecule has 16 heavy (non-hydrogen) atoms. The summed E-state index contributed by atoms with van der Waals surface area (Å²) in [5.74, 6) is 0.